The van der Waals surface area contributed by atoms with Crippen molar-refractivity contribution in [2.24, 2.45) is 10.8 Å². The van der Waals surface area contributed by atoms with Gasteiger partial charge in [-0.25, -0.2) is 0 Å². The highest BCUT2D eigenvalue weighted by molar-refractivity contribution is 6.31. The molecule has 1 fully saturated rings. The van der Waals surface area contributed by atoms with Crippen molar-refractivity contribution in [2.75, 3.05) is 11.4 Å². The second-order valence-corrected chi connectivity index (χ2v) is 7.09. The Morgan fingerprint density at radius 1 is 1.27 bits per heavy atom. The Morgan fingerprint density at radius 3 is 2.73 bits per heavy atom. The van der Waals surface area contributed by atoms with Crippen LogP contribution in [0.5, 0.6) is 0 Å². The summed E-state index contributed by atoms with van der Waals surface area (Å²) in [6, 6.07) is 3.77. The van der Waals surface area contributed by atoms with Crippen LogP contribution in [0.2, 0.25) is 0 Å². The number of fused-ring (bicyclic) bond motifs is 1. The fourth-order valence-electron chi connectivity index (χ4n) is 3.11. The molecule has 114 valence electrons. The smallest absolute Gasteiger partial charge is 0.255 e. The Balaban J connectivity index is 2.13. The van der Waals surface area contributed by atoms with Crippen LogP contribution >= 0.6 is 11.6 Å². The second-order valence-electron chi connectivity index (χ2n) is 6.65. The van der Waals surface area contributed by atoms with Crippen LogP contribution in [-0.4, -0.2) is 17.4 Å². The maximum absolute atomic E-state index is 13.0. The molecule has 0 spiro atoms. The number of amides is 1. The zero-order valence-corrected chi connectivity index (χ0v) is 13.8. The van der Waals surface area contributed by atoms with Crippen LogP contribution in [0.1, 0.15) is 20.8 Å². The number of hydrogen-bond acceptors (Lipinski definition) is 2. The Morgan fingerprint density at radius 2 is 2.05 bits per heavy atom. The van der Waals surface area contributed by atoms with Gasteiger partial charge in [-0.05, 0) is 29.7 Å². The average molecular weight is 315 g/mol. The van der Waals surface area contributed by atoms with Crippen molar-refractivity contribution in [2.45, 2.75) is 20.8 Å². The molecular formula is C18H19ClN2O. The van der Waals surface area contributed by atoms with Crippen molar-refractivity contribution in [1.82, 2.24) is 4.98 Å². The Kier molecular flexibility index (Phi) is 3.48. The van der Waals surface area contributed by atoms with Crippen LogP contribution in [0.15, 0.2) is 59.4 Å². The number of halogens is 1. The maximum Gasteiger partial charge on any atom is 0.255 e. The Hall–Kier alpha value is -1.87. The summed E-state index contributed by atoms with van der Waals surface area (Å²) in [6.45, 7) is 7.10. The largest absolute Gasteiger partial charge is 0.306 e. The molecule has 2 aliphatic rings. The lowest BCUT2D eigenvalue weighted by Crippen LogP contribution is -2.55. The lowest BCUT2D eigenvalue weighted by Gasteiger charge is -2.51. The predicted octanol–water partition coefficient (Wildman–Crippen LogP) is 4.08. The third-order valence-corrected chi connectivity index (χ3v) is 5.19. The first-order valence-corrected chi connectivity index (χ1v) is 7.72. The highest BCUT2D eigenvalue weighted by Crippen LogP contribution is 2.51. The second kappa shape index (κ2) is 5.10. The van der Waals surface area contributed by atoms with Gasteiger partial charge in [0.05, 0.1) is 11.9 Å². The summed E-state index contributed by atoms with van der Waals surface area (Å²) in [7, 11) is 0. The standard InChI is InChI=1S/C18H19ClN2O/c1-17(2)12-21(14-5-4-10-20-11-14)16(22)15-7-6-13(19)8-9-18(15,17)3/h4-11H,12H2,1-3H3. The molecule has 0 bridgehead atoms. The number of anilines is 1. The zero-order chi connectivity index (χ0) is 16.0. The topological polar surface area (TPSA) is 33.2 Å². The quantitative estimate of drug-likeness (QED) is 0.782. The summed E-state index contributed by atoms with van der Waals surface area (Å²) >= 11 is 6.14. The number of nitrogens with zero attached hydrogens (tertiary/aromatic N) is 2. The van der Waals surface area contributed by atoms with Crippen LogP contribution in [0.25, 0.3) is 0 Å². The lowest BCUT2D eigenvalue weighted by atomic mass is 9.59. The molecule has 4 heteroatoms. The summed E-state index contributed by atoms with van der Waals surface area (Å²) < 4.78 is 0. The molecule has 3 rings (SSSR count). The summed E-state index contributed by atoms with van der Waals surface area (Å²) in [5.41, 5.74) is 1.11. The molecule has 22 heavy (non-hydrogen) atoms. The van der Waals surface area contributed by atoms with E-state index in [1.165, 1.54) is 0 Å². The van der Waals surface area contributed by atoms with Crippen LogP contribution in [0.3, 0.4) is 0 Å². The minimum atomic E-state index is -0.351. The van der Waals surface area contributed by atoms with E-state index in [2.05, 4.69) is 31.8 Å². The number of piperidine rings is 1. The van der Waals surface area contributed by atoms with Crippen LogP contribution in [0.4, 0.5) is 5.69 Å². The van der Waals surface area contributed by atoms with Gasteiger partial charge in [0.25, 0.3) is 5.91 Å². The molecule has 0 radical (unpaired) electrons. The van der Waals surface area contributed by atoms with Crippen molar-refractivity contribution < 1.29 is 4.79 Å². The van der Waals surface area contributed by atoms with Gasteiger partial charge in [0.1, 0.15) is 0 Å². The summed E-state index contributed by atoms with van der Waals surface area (Å²) in [6.07, 6.45) is 11.0. The van der Waals surface area contributed by atoms with E-state index in [-0.39, 0.29) is 16.7 Å². The number of rotatable bonds is 1. The van der Waals surface area contributed by atoms with Crippen LogP contribution in [-0.2, 0) is 4.79 Å². The number of aromatic nitrogens is 1. The number of allylic oxidation sites excluding steroid dienone is 5. The first-order valence-electron chi connectivity index (χ1n) is 7.34. The van der Waals surface area contributed by atoms with E-state index in [0.717, 1.165) is 11.3 Å². The highest BCUT2D eigenvalue weighted by Gasteiger charge is 2.51. The molecule has 0 aromatic carbocycles. The molecule has 1 atom stereocenters. The van der Waals surface area contributed by atoms with Gasteiger partial charge in [-0.1, -0.05) is 44.5 Å². The van der Waals surface area contributed by atoms with E-state index in [0.29, 0.717) is 11.6 Å². The maximum atomic E-state index is 13.0. The molecule has 1 aliphatic carbocycles. The van der Waals surface area contributed by atoms with Crippen molar-refractivity contribution in [3.05, 3.63) is 59.4 Å². The molecule has 1 aromatic heterocycles. The molecule has 3 nitrogen and oxygen atoms in total. The van der Waals surface area contributed by atoms with E-state index in [9.17, 15) is 4.79 Å². The Labute approximate surface area is 136 Å². The molecule has 0 N–H and O–H groups in total. The summed E-state index contributed by atoms with van der Waals surface area (Å²) in [5.74, 6) is 0.0158. The first-order chi connectivity index (χ1) is 10.3. The average Bonchev–Trinajstić information content (AvgIpc) is 2.65. The van der Waals surface area contributed by atoms with E-state index in [1.54, 1.807) is 18.5 Å². The van der Waals surface area contributed by atoms with Gasteiger partial charge >= 0.3 is 0 Å². The van der Waals surface area contributed by atoms with Gasteiger partial charge in [0.2, 0.25) is 0 Å². The fraction of sp³-hybridized carbons (Fsp3) is 0.333. The number of pyridine rings is 1. The molecular weight excluding hydrogens is 296 g/mol. The third-order valence-electron chi connectivity index (χ3n) is 4.94. The molecule has 1 unspecified atom stereocenters. The molecule has 0 saturated carbocycles. The molecule has 1 aromatic rings. The van der Waals surface area contributed by atoms with E-state index >= 15 is 0 Å². The minimum absolute atomic E-state index is 0.0158. The first kappa shape index (κ1) is 15.0. The van der Waals surface area contributed by atoms with Crippen molar-refractivity contribution in [3.63, 3.8) is 0 Å². The van der Waals surface area contributed by atoms with Crippen LogP contribution < -0.4 is 4.90 Å². The molecule has 1 amide bonds. The molecule has 1 saturated heterocycles. The normalized spacial score (nSPS) is 26.9. The minimum Gasteiger partial charge on any atom is -0.306 e. The summed E-state index contributed by atoms with van der Waals surface area (Å²) in [5, 5.41) is 0.639. The third kappa shape index (κ3) is 2.20. The number of carbonyl (C=O) groups is 1. The predicted molar refractivity (Wildman–Crippen MR) is 89.6 cm³/mol. The SMILES string of the molecule is CC1(C)CN(c2cccnc2)C(=O)C2=CC=C(Cl)C=CC21C. The number of carbonyl (C=O) groups excluding carboxylic acids is 1. The lowest BCUT2D eigenvalue weighted by molar-refractivity contribution is -0.118. The van der Waals surface area contributed by atoms with Crippen molar-refractivity contribution in [3.8, 4) is 0 Å². The molecule has 2 heterocycles. The zero-order valence-electron chi connectivity index (χ0n) is 13.0. The van der Waals surface area contributed by atoms with Crippen LogP contribution in [0, 0.1) is 10.8 Å². The van der Waals surface area contributed by atoms with Gasteiger partial charge in [-0.2, -0.15) is 0 Å². The van der Waals surface area contributed by atoms with E-state index in [1.807, 2.05) is 29.2 Å². The van der Waals surface area contributed by atoms with Gasteiger partial charge in [-0.15, -0.1) is 0 Å². The van der Waals surface area contributed by atoms with Crippen molar-refractivity contribution >= 4 is 23.2 Å². The fourth-order valence-corrected chi connectivity index (χ4v) is 3.24. The monoisotopic (exact) mass is 314 g/mol. The van der Waals surface area contributed by atoms with Crippen molar-refractivity contribution in [1.29, 1.82) is 0 Å². The highest BCUT2D eigenvalue weighted by atomic mass is 35.5. The number of hydrogen-bond donors (Lipinski definition) is 0. The van der Waals surface area contributed by atoms with E-state index < -0.39 is 0 Å². The van der Waals surface area contributed by atoms with Gasteiger partial charge in [-0.3, -0.25) is 9.78 Å². The van der Waals surface area contributed by atoms with E-state index in [4.69, 9.17) is 11.6 Å². The van der Waals surface area contributed by atoms with Gasteiger partial charge in [0, 0.05) is 28.8 Å². The van der Waals surface area contributed by atoms with Gasteiger partial charge < -0.3 is 4.90 Å². The Bertz CT molecular complexity index is 703. The molecule has 1 aliphatic heterocycles. The van der Waals surface area contributed by atoms with Gasteiger partial charge in [0.15, 0.2) is 0 Å². The summed E-state index contributed by atoms with van der Waals surface area (Å²) in [4.78, 5) is 19.0.